The number of aliphatic hydroxyl groups excluding tert-OH is 1. The van der Waals surface area contributed by atoms with Crippen molar-refractivity contribution in [2.24, 2.45) is 11.8 Å². The molecule has 6 heteroatoms. The summed E-state index contributed by atoms with van der Waals surface area (Å²) in [6.45, 7) is 5.94. The zero-order valence-corrected chi connectivity index (χ0v) is 20.4. The molecule has 1 N–H and O–H groups in total. The molecular formula is C28H32ClNO4. The van der Waals surface area contributed by atoms with Crippen LogP contribution in [0, 0.1) is 11.8 Å². The van der Waals surface area contributed by atoms with Gasteiger partial charge in [0.25, 0.3) is 0 Å². The molecule has 2 aliphatic carbocycles. The largest absolute Gasteiger partial charge is 0.490 e. The first-order valence-corrected chi connectivity index (χ1v) is 12.5. The number of anilines is 1. The molecule has 2 aromatic rings. The molecule has 1 spiro atoms. The van der Waals surface area contributed by atoms with Gasteiger partial charge < -0.3 is 19.5 Å². The number of hydrogen-bond acceptors (Lipinski definition) is 5. The maximum atomic E-state index is 12.3. The normalized spacial score (nSPS) is 26.4. The molecule has 34 heavy (non-hydrogen) atoms. The summed E-state index contributed by atoms with van der Waals surface area (Å²) in [6, 6.07) is 11.8. The lowest BCUT2D eigenvalue weighted by Crippen LogP contribution is -2.49. The van der Waals surface area contributed by atoms with Crippen LogP contribution >= 0.6 is 11.6 Å². The van der Waals surface area contributed by atoms with Crippen molar-refractivity contribution in [1.82, 2.24) is 0 Å². The summed E-state index contributed by atoms with van der Waals surface area (Å²) in [6.07, 6.45) is 6.35. The number of benzene rings is 2. The van der Waals surface area contributed by atoms with E-state index in [1.807, 2.05) is 18.2 Å². The number of nitrogens with zero attached hydrogens (tertiary/aromatic N) is 1. The minimum Gasteiger partial charge on any atom is -0.490 e. The Morgan fingerprint density at radius 2 is 2.21 bits per heavy atom. The highest BCUT2D eigenvalue weighted by Crippen LogP contribution is 2.46. The third kappa shape index (κ3) is 4.09. The first-order valence-electron chi connectivity index (χ1n) is 12.1. The third-order valence-electron chi connectivity index (χ3n) is 8.07. The van der Waals surface area contributed by atoms with Crippen molar-refractivity contribution in [1.29, 1.82) is 0 Å². The molecule has 180 valence electrons. The maximum absolute atomic E-state index is 12.3. The number of esters is 1. The second-order valence-electron chi connectivity index (χ2n) is 10.0. The van der Waals surface area contributed by atoms with Crippen LogP contribution in [0.1, 0.15) is 47.2 Å². The molecule has 1 fully saturated rings. The van der Waals surface area contributed by atoms with Crippen LogP contribution < -0.4 is 9.64 Å². The third-order valence-corrected chi connectivity index (χ3v) is 8.30. The van der Waals surface area contributed by atoms with E-state index in [-0.39, 0.29) is 17.3 Å². The first kappa shape index (κ1) is 23.3. The Kier molecular flexibility index (Phi) is 6.34. The summed E-state index contributed by atoms with van der Waals surface area (Å²) < 4.78 is 11.4. The predicted octanol–water partition coefficient (Wildman–Crippen LogP) is 5.17. The van der Waals surface area contributed by atoms with Crippen LogP contribution in [-0.4, -0.2) is 44.0 Å². The Morgan fingerprint density at radius 1 is 1.35 bits per heavy atom. The van der Waals surface area contributed by atoms with E-state index in [1.165, 1.54) is 18.2 Å². The highest BCUT2D eigenvalue weighted by atomic mass is 35.5. The van der Waals surface area contributed by atoms with Crippen LogP contribution in [0.15, 0.2) is 49.1 Å². The molecule has 4 atom stereocenters. The fourth-order valence-corrected chi connectivity index (χ4v) is 6.28. The second kappa shape index (κ2) is 9.27. The molecular weight excluding hydrogens is 450 g/mol. The Labute approximate surface area is 206 Å². The maximum Gasteiger partial charge on any atom is 0.337 e. The van der Waals surface area contributed by atoms with E-state index in [0.717, 1.165) is 61.7 Å². The summed E-state index contributed by atoms with van der Waals surface area (Å²) in [7, 11) is 1.40. The van der Waals surface area contributed by atoms with E-state index >= 15 is 0 Å². The standard InChI is InChI=1S/C28H32ClNO4/c1-3-25(31)22-9-6-20(22)15-30-16-28(12-4-5-18-13-21(29)8-10-23(18)28)17-34-26-11-7-19(14-24(26)30)27(32)33-2/h3,7-8,10-11,13-14,20,22,25,31H,1,4-6,9,12,15-17H2,2H3. The monoisotopic (exact) mass is 481 g/mol. The molecule has 0 aromatic heterocycles. The van der Waals surface area contributed by atoms with Gasteiger partial charge in [-0.2, -0.15) is 0 Å². The topological polar surface area (TPSA) is 59.0 Å². The number of methoxy groups -OCH3 is 1. The van der Waals surface area contributed by atoms with Gasteiger partial charge in [0.1, 0.15) is 5.75 Å². The van der Waals surface area contributed by atoms with Gasteiger partial charge in [0.15, 0.2) is 0 Å². The van der Waals surface area contributed by atoms with Crippen molar-refractivity contribution in [3.05, 3.63) is 70.8 Å². The lowest BCUT2D eigenvalue weighted by molar-refractivity contribution is 0.0460. The fraction of sp³-hybridized carbons (Fsp3) is 0.464. The predicted molar refractivity (Wildman–Crippen MR) is 134 cm³/mol. The highest BCUT2D eigenvalue weighted by molar-refractivity contribution is 6.30. The lowest BCUT2D eigenvalue weighted by atomic mass is 9.68. The van der Waals surface area contributed by atoms with Crippen molar-refractivity contribution in [2.75, 3.05) is 31.7 Å². The highest BCUT2D eigenvalue weighted by Gasteiger charge is 2.44. The van der Waals surface area contributed by atoms with E-state index in [1.54, 1.807) is 12.1 Å². The van der Waals surface area contributed by atoms with Gasteiger partial charge >= 0.3 is 5.97 Å². The van der Waals surface area contributed by atoms with Crippen molar-refractivity contribution < 1.29 is 19.4 Å². The van der Waals surface area contributed by atoms with Crippen LogP contribution in [0.25, 0.3) is 0 Å². The lowest BCUT2D eigenvalue weighted by Gasteiger charge is -2.45. The van der Waals surface area contributed by atoms with Crippen LogP contribution in [0.2, 0.25) is 5.02 Å². The van der Waals surface area contributed by atoms with E-state index in [4.69, 9.17) is 21.1 Å². The number of ether oxygens (including phenoxy) is 2. The van der Waals surface area contributed by atoms with Gasteiger partial charge in [-0.15, -0.1) is 6.58 Å². The SMILES string of the molecule is C=CC(O)C1CCC1CN1CC2(CCCc3cc(Cl)ccc32)COc2ccc(C(=O)OC)cc21. The van der Waals surface area contributed by atoms with Crippen LogP contribution in [0.5, 0.6) is 5.75 Å². The molecule has 4 unspecified atom stereocenters. The molecule has 5 nitrogen and oxygen atoms in total. The molecule has 1 heterocycles. The van der Waals surface area contributed by atoms with Gasteiger partial charge in [0, 0.05) is 23.5 Å². The summed E-state index contributed by atoms with van der Waals surface area (Å²) in [4.78, 5) is 14.7. The number of rotatable bonds is 5. The van der Waals surface area contributed by atoms with Gasteiger partial charge in [-0.3, -0.25) is 0 Å². The van der Waals surface area contributed by atoms with Gasteiger partial charge in [0.2, 0.25) is 0 Å². The summed E-state index contributed by atoms with van der Waals surface area (Å²) >= 11 is 6.34. The Balaban J connectivity index is 1.55. The van der Waals surface area contributed by atoms with E-state index in [9.17, 15) is 9.90 Å². The zero-order chi connectivity index (χ0) is 23.9. The number of carbonyl (C=O) groups excluding carboxylic acids is 1. The molecule has 1 aliphatic heterocycles. The molecule has 3 aliphatic rings. The van der Waals surface area contributed by atoms with Crippen molar-refractivity contribution in [3.8, 4) is 5.75 Å². The molecule has 5 rings (SSSR count). The average Bonchev–Trinajstić information content (AvgIpc) is 2.98. The molecule has 0 amide bonds. The molecule has 0 saturated heterocycles. The van der Waals surface area contributed by atoms with Gasteiger partial charge in [-0.05, 0) is 85.4 Å². The summed E-state index contributed by atoms with van der Waals surface area (Å²) in [5.41, 5.74) is 3.87. The number of aryl methyl sites for hydroxylation is 1. The quantitative estimate of drug-likeness (QED) is 0.471. The Bertz CT molecular complexity index is 1100. The second-order valence-corrected chi connectivity index (χ2v) is 10.4. The smallest absolute Gasteiger partial charge is 0.337 e. The summed E-state index contributed by atoms with van der Waals surface area (Å²) in [5.74, 6) is 0.988. The Morgan fingerprint density at radius 3 is 2.94 bits per heavy atom. The average molecular weight is 482 g/mol. The molecule has 2 aromatic carbocycles. The number of carbonyl (C=O) groups is 1. The number of fused-ring (bicyclic) bond motifs is 3. The van der Waals surface area contributed by atoms with E-state index < -0.39 is 6.10 Å². The fourth-order valence-electron chi connectivity index (χ4n) is 6.09. The van der Waals surface area contributed by atoms with Gasteiger partial charge in [-0.25, -0.2) is 4.79 Å². The minimum atomic E-state index is -0.491. The summed E-state index contributed by atoms with van der Waals surface area (Å²) in [5, 5.41) is 11.2. The van der Waals surface area contributed by atoms with E-state index in [2.05, 4.69) is 23.6 Å². The van der Waals surface area contributed by atoms with E-state index in [0.29, 0.717) is 18.1 Å². The number of hydrogen-bond donors (Lipinski definition) is 1. The van der Waals surface area contributed by atoms with Crippen LogP contribution in [0.3, 0.4) is 0 Å². The zero-order valence-electron chi connectivity index (χ0n) is 19.6. The first-order chi connectivity index (χ1) is 16.4. The number of halogens is 1. The number of aliphatic hydroxyl groups is 1. The molecule has 1 saturated carbocycles. The van der Waals surface area contributed by atoms with Gasteiger partial charge in [-0.1, -0.05) is 23.7 Å². The van der Waals surface area contributed by atoms with Crippen LogP contribution in [-0.2, 0) is 16.6 Å². The minimum absolute atomic E-state index is 0.168. The van der Waals surface area contributed by atoms with Gasteiger partial charge in [0.05, 0.1) is 31.1 Å². The van der Waals surface area contributed by atoms with Crippen LogP contribution in [0.4, 0.5) is 5.69 Å². The van der Waals surface area contributed by atoms with Crippen molar-refractivity contribution in [3.63, 3.8) is 0 Å². The molecule has 0 bridgehead atoms. The molecule has 0 radical (unpaired) electrons. The van der Waals surface area contributed by atoms with Crippen molar-refractivity contribution in [2.45, 2.75) is 43.6 Å². The Hall–Kier alpha value is -2.50. The van der Waals surface area contributed by atoms with Crippen molar-refractivity contribution >= 4 is 23.3 Å².